The molecule has 13 heavy (non-hydrogen) atoms. The number of aliphatic imine (C=N–C) groups is 1. The Kier molecular flexibility index (Phi) is 4.22. The first-order valence-corrected chi connectivity index (χ1v) is 5.19. The van der Waals surface area contributed by atoms with E-state index in [1.165, 1.54) is 25.7 Å². The fourth-order valence-corrected chi connectivity index (χ4v) is 1.92. The molecular weight excluding hydrogens is 162 g/mol. The molecule has 1 rings (SSSR count). The minimum absolute atomic E-state index is 0.709. The highest BCUT2D eigenvalue weighted by Crippen LogP contribution is 2.28. The number of rotatable bonds is 3. The lowest BCUT2D eigenvalue weighted by molar-refractivity contribution is 0.285. The minimum atomic E-state index is 0.709. The van der Waals surface area contributed by atoms with Crippen LogP contribution in [0, 0.1) is 11.8 Å². The fourth-order valence-electron chi connectivity index (χ4n) is 1.92. The maximum atomic E-state index is 5.62. The zero-order valence-electron chi connectivity index (χ0n) is 8.50. The van der Waals surface area contributed by atoms with Gasteiger partial charge < -0.3 is 11.5 Å². The van der Waals surface area contributed by atoms with Gasteiger partial charge in [0.25, 0.3) is 0 Å². The van der Waals surface area contributed by atoms with Gasteiger partial charge >= 0.3 is 0 Å². The van der Waals surface area contributed by atoms with Crippen LogP contribution in [-0.4, -0.2) is 18.9 Å². The standard InChI is InChI=1S/C10H21N3/c1-8(12)13-7-10-4-2-9(6-11)3-5-10/h9-10H,2-7,11H2,1H3,(H2,12,13). The van der Waals surface area contributed by atoms with Crippen molar-refractivity contribution in [2.75, 3.05) is 13.1 Å². The van der Waals surface area contributed by atoms with Gasteiger partial charge in [-0.3, -0.25) is 4.99 Å². The Morgan fingerprint density at radius 2 is 1.77 bits per heavy atom. The summed E-state index contributed by atoms with van der Waals surface area (Å²) in [4.78, 5) is 4.26. The van der Waals surface area contributed by atoms with Gasteiger partial charge in [0, 0.05) is 6.54 Å². The van der Waals surface area contributed by atoms with Gasteiger partial charge in [-0.1, -0.05) is 0 Å². The number of nitrogens with two attached hydrogens (primary N) is 2. The van der Waals surface area contributed by atoms with Gasteiger partial charge in [0.2, 0.25) is 0 Å². The van der Waals surface area contributed by atoms with E-state index in [4.69, 9.17) is 11.5 Å². The van der Waals surface area contributed by atoms with Crippen molar-refractivity contribution in [3.8, 4) is 0 Å². The van der Waals surface area contributed by atoms with E-state index < -0.39 is 0 Å². The summed E-state index contributed by atoms with van der Waals surface area (Å²) in [7, 11) is 0. The summed E-state index contributed by atoms with van der Waals surface area (Å²) in [6.07, 6.45) is 5.11. The van der Waals surface area contributed by atoms with Crippen LogP contribution in [0.25, 0.3) is 0 Å². The topological polar surface area (TPSA) is 64.4 Å². The summed E-state index contributed by atoms with van der Waals surface area (Å²) in [6, 6.07) is 0. The first-order valence-electron chi connectivity index (χ1n) is 5.19. The lowest BCUT2D eigenvalue weighted by Crippen LogP contribution is -2.23. The average molecular weight is 183 g/mol. The Morgan fingerprint density at radius 1 is 1.23 bits per heavy atom. The second-order valence-electron chi connectivity index (χ2n) is 4.10. The van der Waals surface area contributed by atoms with Crippen LogP contribution < -0.4 is 11.5 Å². The molecule has 1 aliphatic rings. The number of hydrogen-bond acceptors (Lipinski definition) is 2. The maximum absolute atomic E-state index is 5.62. The van der Waals surface area contributed by atoms with Crippen LogP contribution in [0.3, 0.4) is 0 Å². The third-order valence-corrected chi connectivity index (χ3v) is 2.90. The van der Waals surface area contributed by atoms with Crippen molar-refractivity contribution in [3.05, 3.63) is 0 Å². The summed E-state index contributed by atoms with van der Waals surface area (Å²) in [5, 5.41) is 0. The second-order valence-corrected chi connectivity index (χ2v) is 4.10. The van der Waals surface area contributed by atoms with Crippen molar-refractivity contribution in [1.29, 1.82) is 0 Å². The molecule has 0 aromatic heterocycles. The highest BCUT2D eigenvalue weighted by atomic mass is 14.8. The third-order valence-electron chi connectivity index (χ3n) is 2.90. The van der Waals surface area contributed by atoms with Crippen LogP contribution in [0.2, 0.25) is 0 Å². The molecule has 0 spiro atoms. The summed E-state index contributed by atoms with van der Waals surface area (Å²) in [5.74, 6) is 2.22. The average Bonchev–Trinajstić information content (AvgIpc) is 2.15. The van der Waals surface area contributed by atoms with E-state index in [1.54, 1.807) is 0 Å². The molecule has 4 N–H and O–H groups in total. The predicted octanol–water partition coefficient (Wildman–Crippen LogP) is 1.13. The molecule has 0 atom stereocenters. The highest BCUT2D eigenvalue weighted by Gasteiger charge is 2.19. The van der Waals surface area contributed by atoms with Gasteiger partial charge in [0.1, 0.15) is 0 Å². The predicted molar refractivity (Wildman–Crippen MR) is 56.7 cm³/mol. The molecule has 0 amide bonds. The lowest BCUT2D eigenvalue weighted by atomic mass is 9.82. The fraction of sp³-hybridized carbons (Fsp3) is 0.900. The summed E-state index contributed by atoms with van der Waals surface area (Å²) < 4.78 is 0. The van der Waals surface area contributed by atoms with Crippen molar-refractivity contribution in [2.24, 2.45) is 28.3 Å². The Morgan fingerprint density at radius 3 is 2.23 bits per heavy atom. The summed E-state index contributed by atoms with van der Waals surface area (Å²) in [6.45, 7) is 3.62. The molecule has 0 aromatic carbocycles. The van der Waals surface area contributed by atoms with E-state index >= 15 is 0 Å². The maximum Gasteiger partial charge on any atom is 0.0905 e. The number of amidine groups is 1. The largest absolute Gasteiger partial charge is 0.388 e. The molecule has 0 heterocycles. The first-order chi connectivity index (χ1) is 6.22. The lowest BCUT2D eigenvalue weighted by Gasteiger charge is -2.26. The molecule has 0 aliphatic heterocycles. The Balaban J connectivity index is 2.21. The van der Waals surface area contributed by atoms with Crippen LogP contribution >= 0.6 is 0 Å². The van der Waals surface area contributed by atoms with Gasteiger partial charge in [0.15, 0.2) is 0 Å². The molecule has 1 saturated carbocycles. The Labute approximate surface area is 80.6 Å². The zero-order chi connectivity index (χ0) is 9.68. The smallest absolute Gasteiger partial charge is 0.0905 e. The highest BCUT2D eigenvalue weighted by molar-refractivity contribution is 5.77. The van der Waals surface area contributed by atoms with Crippen LogP contribution in [0.15, 0.2) is 4.99 Å². The van der Waals surface area contributed by atoms with E-state index in [9.17, 15) is 0 Å². The van der Waals surface area contributed by atoms with Crippen LogP contribution in [0.4, 0.5) is 0 Å². The van der Waals surface area contributed by atoms with Gasteiger partial charge in [-0.15, -0.1) is 0 Å². The van der Waals surface area contributed by atoms with Crippen molar-refractivity contribution >= 4 is 5.84 Å². The molecular formula is C10H21N3. The van der Waals surface area contributed by atoms with Gasteiger partial charge in [0.05, 0.1) is 5.84 Å². The van der Waals surface area contributed by atoms with E-state index in [0.717, 1.165) is 24.9 Å². The molecule has 76 valence electrons. The molecule has 1 fully saturated rings. The summed E-state index contributed by atoms with van der Waals surface area (Å²) >= 11 is 0. The van der Waals surface area contributed by atoms with Gasteiger partial charge in [-0.2, -0.15) is 0 Å². The Bertz CT molecular complexity index is 165. The van der Waals surface area contributed by atoms with E-state index in [-0.39, 0.29) is 0 Å². The van der Waals surface area contributed by atoms with Crippen molar-refractivity contribution < 1.29 is 0 Å². The quantitative estimate of drug-likeness (QED) is 0.509. The third kappa shape index (κ3) is 3.77. The van der Waals surface area contributed by atoms with Crippen molar-refractivity contribution in [2.45, 2.75) is 32.6 Å². The van der Waals surface area contributed by atoms with Crippen LogP contribution in [0.5, 0.6) is 0 Å². The molecule has 3 nitrogen and oxygen atoms in total. The van der Waals surface area contributed by atoms with Gasteiger partial charge in [-0.05, 0) is 51.0 Å². The Hall–Kier alpha value is -0.570. The summed E-state index contributed by atoms with van der Waals surface area (Å²) in [5.41, 5.74) is 11.1. The minimum Gasteiger partial charge on any atom is -0.388 e. The van der Waals surface area contributed by atoms with E-state index in [2.05, 4.69) is 4.99 Å². The van der Waals surface area contributed by atoms with Crippen molar-refractivity contribution in [1.82, 2.24) is 0 Å². The molecule has 0 unspecified atom stereocenters. The normalized spacial score (nSPS) is 30.5. The number of hydrogen-bond donors (Lipinski definition) is 2. The molecule has 0 aromatic rings. The second kappa shape index (κ2) is 5.22. The SMILES string of the molecule is CC(N)=NCC1CCC(CN)CC1. The van der Waals surface area contributed by atoms with Crippen LogP contribution in [-0.2, 0) is 0 Å². The number of nitrogens with zero attached hydrogens (tertiary/aromatic N) is 1. The molecule has 3 heteroatoms. The molecule has 0 radical (unpaired) electrons. The van der Waals surface area contributed by atoms with E-state index in [1.807, 2.05) is 6.92 Å². The molecule has 0 bridgehead atoms. The molecule has 0 saturated heterocycles. The molecule has 1 aliphatic carbocycles. The van der Waals surface area contributed by atoms with E-state index in [0.29, 0.717) is 5.84 Å². The zero-order valence-corrected chi connectivity index (χ0v) is 8.50. The van der Waals surface area contributed by atoms with Gasteiger partial charge in [-0.25, -0.2) is 0 Å². The van der Waals surface area contributed by atoms with Crippen molar-refractivity contribution in [3.63, 3.8) is 0 Å². The van der Waals surface area contributed by atoms with Crippen LogP contribution in [0.1, 0.15) is 32.6 Å². The monoisotopic (exact) mass is 183 g/mol. The first kappa shape index (κ1) is 10.5.